The molecule has 1 heterocycles. The maximum Gasteiger partial charge on any atom is 0.322 e. The highest BCUT2D eigenvalue weighted by Gasteiger charge is 2.22. The molecule has 0 aliphatic heterocycles. The molecule has 1 aromatic heterocycles. The van der Waals surface area contributed by atoms with Gasteiger partial charge in [-0.3, -0.25) is 9.78 Å². The summed E-state index contributed by atoms with van der Waals surface area (Å²) in [7, 11) is 1.65. The molecule has 0 bridgehead atoms. The number of carbonyl (C=O) groups is 2. The summed E-state index contributed by atoms with van der Waals surface area (Å²) in [6.45, 7) is 4.22. The highest BCUT2D eigenvalue weighted by molar-refractivity contribution is 6.31. The molecule has 1 atom stereocenters. The van der Waals surface area contributed by atoms with Crippen LogP contribution in [0.3, 0.4) is 0 Å². The first kappa shape index (κ1) is 21.5. The number of nitrogens with zero attached hydrogens (tertiary/aromatic N) is 2. The Bertz CT molecular complexity index is 1110. The number of fused-ring (bicyclic) bond motifs is 1. The molecule has 3 amide bonds. The van der Waals surface area contributed by atoms with Crippen LogP contribution in [0, 0.1) is 5.82 Å². The van der Waals surface area contributed by atoms with E-state index in [4.69, 9.17) is 11.6 Å². The SMILES string of the molecule is CCNC(=O)c1ncc(C(C)N(C)C(=O)Nc2ccc(F)c(Cl)c2)c2ccccc12. The lowest BCUT2D eigenvalue weighted by Gasteiger charge is -2.26. The van der Waals surface area contributed by atoms with Gasteiger partial charge in [0.25, 0.3) is 5.91 Å². The monoisotopic (exact) mass is 428 g/mol. The van der Waals surface area contributed by atoms with Crippen LogP contribution < -0.4 is 10.6 Å². The molecule has 0 spiro atoms. The molecule has 0 aliphatic carbocycles. The Labute approximate surface area is 179 Å². The minimum absolute atomic E-state index is 0.0698. The normalized spacial score (nSPS) is 11.8. The molecule has 0 saturated carbocycles. The van der Waals surface area contributed by atoms with Gasteiger partial charge in [0.2, 0.25) is 0 Å². The van der Waals surface area contributed by atoms with E-state index in [0.717, 1.165) is 10.9 Å². The molecule has 0 saturated heterocycles. The second-order valence-electron chi connectivity index (χ2n) is 6.81. The van der Waals surface area contributed by atoms with Crippen molar-refractivity contribution in [2.24, 2.45) is 0 Å². The maximum absolute atomic E-state index is 13.3. The number of hydrogen-bond donors (Lipinski definition) is 2. The van der Waals surface area contributed by atoms with Gasteiger partial charge in [0.05, 0.1) is 11.1 Å². The summed E-state index contributed by atoms with van der Waals surface area (Å²) in [4.78, 5) is 30.9. The number of carbonyl (C=O) groups excluding carboxylic acids is 2. The number of aromatic nitrogens is 1. The number of urea groups is 1. The summed E-state index contributed by atoms with van der Waals surface area (Å²) in [5.41, 5.74) is 1.53. The fourth-order valence-corrected chi connectivity index (χ4v) is 3.32. The van der Waals surface area contributed by atoms with Gasteiger partial charge in [-0.05, 0) is 37.4 Å². The predicted octanol–water partition coefficient (Wildman–Crippen LogP) is 5.00. The minimum Gasteiger partial charge on any atom is -0.351 e. The van der Waals surface area contributed by atoms with Crippen LogP contribution in [0.4, 0.5) is 14.9 Å². The highest BCUT2D eigenvalue weighted by Crippen LogP contribution is 2.29. The number of anilines is 1. The van der Waals surface area contributed by atoms with E-state index < -0.39 is 5.82 Å². The zero-order chi connectivity index (χ0) is 21.8. The van der Waals surface area contributed by atoms with Crippen LogP contribution in [0.25, 0.3) is 10.8 Å². The van der Waals surface area contributed by atoms with Gasteiger partial charge in [0.1, 0.15) is 11.5 Å². The first-order valence-corrected chi connectivity index (χ1v) is 9.86. The smallest absolute Gasteiger partial charge is 0.322 e. The second-order valence-corrected chi connectivity index (χ2v) is 7.22. The van der Waals surface area contributed by atoms with E-state index in [9.17, 15) is 14.0 Å². The van der Waals surface area contributed by atoms with Crippen molar-refractivity contribution < 1.29 is 14.0 Å². The van der Waals surface area contributed by atoms with Crippen molar-refractivity contribution in [1.29, 1.82) is 0 Å². The highest BCUT2D eigenvalue weighted by atomic mass is 35.5. The summed E-state index contributed by atoms with van der Waals surface area (Å²) < 4.78 is 13.3. The second kappa shape index (κ2) is 9.09. The van der Waals surface area contributed by atoms with Gasteiger partial charge in [0, 0.05) is 36.4 Å². The number of pyridine rings is 1. The lowest BCUT2D eigenvalue weighted by Crippen LogP contribution is -2.34. The van der Waals surface area contributed by atoms with Crippen LogP contribution in [-0.4, -0.2) is 35.4 Å². The van der Waals surface area contributed by atoms with Crippen molar-refractivity contribution in [3.05, 3.63) is 70.8 Å². The van der Waals surface area contributed by atoms with Crippen LogP contribution in [0.2, 0.25) is 5.02 Å². The van der Waals surface area contributed by atoms with Crippen molar-refractivity contribution in [3.63, 3.8) is 0 Å². The Kier molecular flexibility index (Phi) is 6.52. The van der Waals surface area contributed by atoms with Crippen molar-refractivity contribution in [3.8, 4) is 0 Å². The van der Waals surface area contributed by atoms with Crippen LogP contribution >= 0.6 is 11.6 Å². The molecule has 1 unspecified atom stereocenters. The first-order chi connectivity index (χ1) is 14.3. The number of benzene rings is 2. The van der Waals surface area contributed by atoms with Gasteiger partial charge < -0.3 is 15.5 Å². The molecule has 8 heteroatoms. The van der Waals surface area contributed by atoms with E-state index >= 15 is 0 Å². The molecular formula is C22H22ClFN4O2. The Hall–Kier alpha value is -3.19. The van der Waals surface area contributed by atoms with Crippen LogP contribution in [-0.2, 0) is 0 Å². The van der Waals surface area contributed by atoms with E-state index in [0.29, 0.717) is 23.3 Å². The Morgan fingerprint density at radius 3 is 2.57 bits per heavy atom. The van der Waals surface area contributed by atoms with Gasteiger partial charge in [-0.15, -0.1) is 0 Å². The lowest BCUT2D eigenvalue weighted by molar-refractivity contribution is 0.0952. The standard InChI is InChI=1S/C22H22ClFN4O2/c1-4-25-21(29)20-16-8-6-5-7-15(16)17(12-26-20)13(2)28(3)22(30)27-14-9-10-19(24)18(23)11-14/h5-13H,4H2,1-3H3,(H,25,29)(H,27,30). The topological polar surface area (TPSA) is 74.3 Å². The van der Waals surface area contributed by atoms with Gasteiger partial charge in [0.15, 0.2) is 0 Å². The van der Waals surface area contributed by atoms with Crippen molar-refractivity contribution >= 4 is 40.0 Å². The number of rotatable bonds is 5. The van der Waals surface area contributed by atoms with Gasteiger partial charge in [-0.1, -0.05) is 35.9 Å². The fraction of sp³-hybridized carbons (Fsp3) is 0.227. The average Bonchev–Trinajstić information content (AvgIpc) is 2.74. The van der Waals surface area contributed by atoms with Crippen molar-refractivity contribution in [1.82, 2.24) is 15.2 Å². The number of nitrogens with one attached hydrogen (secondary N) is 2. The molecule has 30 heavy (non-hydrogen) atoms. The minimum atomic E-state index is -0.555. The first-order valence-electron chi connectivity index (χ1n) is 9.48. The quantitative estimate of drug-likeness (QED) is 0.600. The Balaban J connectivity index is 1.89. The summed E-state index contributed by atoms with van der Waals surface area (Å²) in [5, 5.41) is 6.96. The summed E-state index contributed by atoms with van der Waals surface area (Å²) in [6, 6.07) is 10.7. The van der Waals surface area contributed by atoms with Gasteiger partial charge in [-0.2, -0.15) is 0 Å². The average molecular weight is 429 g/mol. The Morgan fingerprint density at radius 2 is 1.90 bits per heavy atom. The van der Waals surface area contributed by atoms with Crippen LogP contribution in [0.1, 0.15) is 35.9 Å². The van der Waals surface area contributed by atoms with E-state index in [2.05, 4.69) is 15.6 Å². The maximum atomic E-state index is 13.3. The molecule has 2 aromatic carbocycles. The largest absolute Gasteiger partial charge is 0.351 e. The summed E-state index contributed by atoms with van der Waals surface area (Å²) in [6.07, 6.45) is 1.62. The number of halogens is 2. The third-order valence-electron chi connectivity index (χ3n) is 4.90. The van der Waals surface area contributed by atoms with Crippen LogP contribution in [0.5, 0.6) is 0 Å². The Morgan fingerprint density at radius 1 is 1.20 bits per heavy atom. The molecule has 156 valence electrons. The zero-order valence-electron chi connectivity index (χ0n) is 16.9. The number of hydrogen-bond acceptors (Lipinski definition) is 3. The predicted molar refractivity (Wildman–Crippen MR) is 116 cm³/mol. The summed E-state index contributed by atoms with van der Waals surface area (Å²) >= 11 is 5.78. The summed E-state index contributed by atoms with van der Waals surface area (Å²) in [5.74, 6) is -0.798. The number of amides is 3. The lowest BCUT2D eigenvalue weighted by atomic mass is 9.99. The van der Waals surface area contributed by atoms with Crippen molar-refractivity contribution in [2.45, 2.75) is 19.9 Å². The molecule has 0 aliphatic rings. The van der Waals surface area contributed by atoms with E-state index in [1.165, 1.54) is 23.1 Å². The molecular weight excluding hydrogens is 407 g/mol. The fourth-order valence-electron chi connectivity index (χ4n) is 3.14. The van der Waals surface area contributed by atoms with E-state index in [1.54, 1.807) is 13.2 Å². The van der Waals surface area contributed by atoms with Crippen molar-refractivity contribution in [2.75, 3.05) is 18.9 Å². The third kappa shape index (κ3) is 4.36. The van der Waals surface area contributed by atoms with Gasteiger partial charge >= 0.3 is 6.03 Å². The van der Waals surface area contributed by atoms with E-state index in [-0.39, 0.29) is 23.0 Å². The molecule has 3 rings (SSSR count). The molecule has 0 fully saturated rings. The molecule has 3 aromatic rings. The van der Waals surface area contributed by atoms with Crippen LogP contribution in [0.15, 0.2) is 48.7 Å². The molecule has 2 N–H and O–H groups in total. The third-order valence-corrected chi connectivity index (χ3v) is 5.19. The van der Waals surface area contributed by atoms with Gasteiger partial charge in [-0.25, -0.2) is 9.18 Å². The molecule has 6 nitrogen and oxygen atoms in total. The zero-order valence-corrected chi connectivity index (χ0v) is 17.6. The van der Waals surface area contributed by atoms with E-state index in [1.807, 2.05) is 38.1 Å². The molecule has 0 radical (unpaired) electrons.